The standard InChI is InChI=1S/C13H16ClN3O2/c1-8(2)18-7-11(15)12-16-13(19-17-12)9-3-5-10(14)6-4-9/h3-6,8,11H,7,15H2,1-2H3. The van der Waals surface area contributed by atoms with Gasteiger partial charge in [-0.15, -0.1) is 0 Å². The Kier molecular flexibility index (Phi) is 4.52. The molecule has 1 aromatic heterocycles. The summed E-state index contributed by atoms with van der Waals surface area (Å²) in [5.74, 6) is 0.859. The van der Waals surface area contributed by atoms with E-state index in [0.717, 1.165) is 5.56 Å². The molecule has 102 valence electrons. The molecule has 0 saturated heterocycles. The van der Waals surface area contributed by atoms with E-state index in [1.807, 2.05) is 26.0 Å². The number of nitrogens with two attached hydrogens (primary N) is 1. The molecule has 0 aliphatic heterocycles. The largest absolute Gasteiger partial charge is 0.377 e. The van der Waals surface area contributed by atoms with Crippen LogP contribution in [0.25, 0.3) is 11.5 Å². The van der Waals surface area contributed by atoms with Gasteiger partial charge in [-0.3, -0.25) is 0 Å². The third-order valence-corrected chi connectivity index (χ3v) is 2.73. The highest BCUT2D eigenvalue weighted by atomic mass is 35.5. The van der Waals surface area contributed by atoms with Crippen molar-refractivity contribution in [3.63, 3.8) is 0 Å². The summed E-state index contributed by atoms with van der Waals surface area (Å²) in [7, 11) is 0. The number of ether oxygens (including phenoxy) is 1. The molecular formula is C13H16ClN3O2. The van der Waals surface area contributed by atoms with Crippen LogP contribution < -0.4 is 5.73 Å². The lowest BCUT2D eigenvalue weighted by Gasteiger charge is -2.10. The zero-order chi connectivity index (χ0) is 13.8. The van der Waals surface area contributed by atoms with Crippen LogP contribution in [0.1, 0.15) is 25.7 Å². The van der Waals surface area contributed by atoms with Gasteiger partial charge in [-0.1, -0.05) is 16.8 Å². The first-order chi connectivity index (χ1) is 9.06. The summed E-state index contributed by atoms with van der Waals surface area (Å²) >= 11 is 5.82. The van der Waals surface area contributed by atoms with Crippen molar-refractivity contribution < 1.29 is 9.26 Å². The SMILES string of the molecule is CC(C)OCC(N)c1noc(-c2ccc(Cl)cc2)n1. The lowest BCUT2D eigenvalue weighted by Crippen LogP contribution is -2.20. The molecule has 0 radical (unpaired) electrons. The van der Waals surface area contributed by atoms with Gasteiger partial charge >= 0.3 is 0 Å². The van der Waals surface area contributed by atoms with Crippen LogP contribution in [0, 0.1) is 0 Å². The monoisotopic (exact) mass is 281 g/mol. The van der Waals surface area contributed by atoms with Crippen LogP contribution in [0.5, 0.6) is 0 Å². The molecule has 0 fully saturated rings. The van der Waals surface area contributed by atoms with Crippen LogP contribution >= 0.6 is 11.6 Å². The molecule has 6 heteroatoms. The summed E-state index contributed by atoms with van der Waals surface area (Å²) in [6.07, 6.45) is 0.119. The summed E-state index contributed by atoms with van der Waals surface area (Å²) in [6.45, 7) is 4.25. The first-order valence-corrected chi connectivity index (χ1v) is 6.41. The van der Waals surface area contributed by atoms with E-state index in [4.69, 9.17) is 26.6 Å². The molecule has 0 saturated carbocycles. The van der Waals surface area contributed by atoms with E-state index in [0.29, 0.717) is 23.3 Å². The highest BCUT2D eigenvalue weighted by Gasteiger charge is 2.16. The Balaban J connectivity index is 2.08. The van der Waals surface area contributed by atoms with Crippen molar-refractivity contribution in [2.45, 2.75) is 26.0 Å². The predicted molar refractivity (Wildman–Crippen MR) is 72.8 cm³/mol. The second kappa shape index (κ2) is 6.14. The van der Waals surface area contributed by atoms with Crippen LogP contribution in [-0.4, -0.2) is 22.9 Å². The molecule has 19 heavy (non-hydrogen) atoms. The summed E-state index contributed by atoms with van der Waals surface area (Å²) in [5, 5.41) is 4.53. The van der Waals surface area contributed by atoms with E-state index in [2.05, 4.69) is 10.1 Å². The van der Waals surface area contributed by atoms with Gasteiger partial charge in [-0.2, -0.15) is 4.98 Å². The van der Waals surface area contributed by atoms with E-state index in [1.54, 1.807) is 12.1 Å². The molecule has 2 N–H and O–H groups in total. The van der Waals surface area contributed by atoms with Gasteiger partial charge in [-0.05, 0) is 38.1 Å². The topological polar surface area (TPSA) is 74.2 Å². The van der Waals surface area contributed by atoms with E-state index >= 15 is 0 Å². The normalized spacial score (nSPS) is 12.9. The van der Waals surface area contributed by atoms with Crippen molar-refractivity contribution in [2.24, 2.45) is 5.73 Å². The maximum absolute atomic E-state index is 5.93. The summed E-state index contributed by atoms with van der Waals surface area (Å²) in [5.41, 5.74) is 6.73. The number of halogens is 1. The van der Waals surface area contributed by atoms with Gasteiger partial charge in [-0.25, -0.2) is 0 Å². The van der Waals surface area contributed by atoms with Crippen LogP contribution in [0.2, 0.25) is 5.02 Å². The van der Waals surface area contributed by atoms with E-state index in [9.17, 15) is 0 Å². The Morgan fingerprint density at radius 2 is 2.00 bits per heavy atom. The minimum Gasteiger partial charge on any atom is -0.377 e. The van der Waals surface area contributed by atoms with Crippen molar-refractivity contribution in [2.75, 3.05) is 6.61 Å². The molecule has 1 atom stereocenters. The van der Waals surface area contributed by atoms with E-state index < -0.39 is 6.04 Å². The fraction of sp³-hybridized carbons (Fsp3) is 0.385. The molecular weight excluding hydrogens is 266 g/mol. The first-order valence-electron chi connectivity index (χ1n) is 6.03. The van der Waals surface area contributed by atoms with Crippen LogP contribution in [0.15, 0.2) is 28.8 Å². The first kappa shape index (κ1) is 14.0. The van der Waals surface area contributed by atoms with Gasteiger partial charge in [0, 0.05) is 10.6 Å². The van der Waals surface area contributed by atoms with Gasteiger partial charge in [0.25, 0.3) is 5.89 Å². The lowest BCUT2D eigenvalue weighted by molar-refractivity contribution is 0.0665. The van der Waals surface area contributed by atoms with E-state index in [-0.39, 0.29) is 6.10 Å². The molecule has 0 aliphatic rings. The van der Waals surface area contributed by atoms with Gasteiger partial charge in [0.2, 0.25) is 0 Å². The van der Waals surface area contributed by atoms with Crippen molar-refractivity contribution in [3.8, 4) is 11.5 Å². The van der Waals surface area contributed by atoms with Crippen molar-refractivity contribution in [3.05, 3.63) is 35.1 Å². The van der Waals surface area contributed by atoms with Crippen molar-refractivity contribution >= 4 is 11.6 Å². The lowest BCUT2D eigenvalue weighted by atomic mass is 10.2. The fourth-order valence-corrected chi connectivity index (χ4v) is 1.59. The quantitative estimate of drug-likeness (QED) is 0.912. The van der Waals surface area contributed by atoms with Crippen LogP contribution in [0.4, 0.5) is 0 Å². The number of hydrogen-bond acceptors (Lipinski definition) is 5. The van der Waals surface area contributed by atoms with Crippen LogP contribution in [0.3, 0.4) is 0 Å². The minimum atomic E-state index is -0.396. The molecule has 2 rings (SSSR count). The second-order valence-electron chi connectivity index (χ2n) is 4.45. The average Bonchev–Trinajstić information content (AvgIpc) is 2.86. The summed E-state index contributed by atoms with van der Waals surface area (Å²) in [6, 6.07) is 6.77. The molecule has 0 aliphatic carbocycles. The Bertz CT molecular complexity index is 525. The van der Waals surface area contributed by atoms with E-state index in [1.165, 1.54) is 0 Å². The van der Waals surface area contributed by atoms with Gasteiger partial charge < -0.3 is 15.0 Å². The zero-order valence-corrected chi connectivity index (χ0v) is 11.6. The third-order valence-electron chi connectivity index (χ3n) is 2.47. The highest BCUT2D eigenvalue weighted by Crippen LogP contribution is 2.21. The second-order valence-corrected chi connectivity index (χ2v) is 4.89. The Morgan fingerprint density at radius 1 is 1.32 bits per heavy atom. The molecule has 0 spiro atoms. The Labute approximate surface area is 116 Å². The molecule has 1 aromatic carbocycles. The number of nitrogens with zero attached hydrogens (tertiary/aromatic N) is 2. The van der Waals surface area contributed by atoms with Crippen molar-refractivity contribution in [1.29, 1.82) is 0 Å². The molecule has 0 amide bonds. The molecule has 1 heterocycles. The van der Waals surface area contributed by atoms with Gasteiger partial charge in [0.15, 0.2) is 5.82 Å². The van der Waals surface area contributed by atoms with Gasteiger partial charge in [0.05, 0.1) is 18.8 Å². The predicted octanol–water partition coefficient (Wildman–Crippen LogP) is 2.81. The fourth-order valence-electron chi connectivity index (χ4n) is 1.47. The number of benzene rings is 1. The maximum Gasteiger partial charge on any atom is 0.257 e. The average molecular weight is 282 g/mol. The summed E-state index contributed by atoms with van der Waals surface area (Å²) in [4.78, 5) is 4.26. The zero-order valence-electron chi connectivity index (χ0n) is 10.8. The number of hydrogen-bond donors (Lipinski definition) is 1. The highest BCUT2D eigenvalue weighted by molar-refractivity contribution is 6.30. The number of rotatable bonds is 5. The number of aromatic nitrogens is 2. The molecule has 2 aromatic rings. The van der Waals surface area contributed by atoms with Crippen LogP contribution in [-0.2, 0) is 4.74 Å². The molecule has 1 unspecified atom stereocenters. The minimum absolute atomic E-state index is 0.119. The van der Waals surface area contributed by atoms with Gasteiger partial charge in [0.1, 0.15) is 0 Å². The molecule has 0 bridgehead atoms. The smallest absolute Gasteiger partial charge is 0.257 e. The summed E-state index contributed by atoms with van der Waals surface area (Å²) < 4.78 is 10.6. The van der Waals surface area contributed by atoms with Crippen molar-refractivity contribution in [1.82, 2.24) is 10.1 Å². The Morgan fingerprint density at radius 3 is 2.63 bits per heavy atom. The Hall–Kier alpha value is -1.43. The third kappa shape index (κ3) is 3.76. The molecule has 5 nitrogen and oxygen atoms in total. The maximum atomic E-state index is 5.93.